The van der Waals surface area contributed by atoms with Crippen LogP contribution in [0.5, 0.6) is 0 Å². The van der Waals surface area contributed by atoms with Crippen molar-refractivity contribution < 1.29 is 8.78 Å². The summed E-state index contributed by atoms with van der Waals surface area (Å²) in [6.45, 7) is 4.45. The van der Waals surface area contributed by atoms with Crippen molar-refractivity contribution in [1.29, 1.82) is 0 Å². The molecule has 0 radical (unpaired) electrons. The number of fused-ring (bicyclic) bond motifs is 3. The highest BCUT2D eigenvalue weighted by molar-refractivity contribution is 5.04. The number of alkyl halides is 2. The third-order valence-corrected chi connectivity index (χ3v) is 8.24. The fourth-order valence-electron chi connectivity index (χ4n) is 6.54. The van der Waals surface area contributed by atoms with E-state index in [1.165, 1.54) is 51.4 Å². The maximum atomic E-state index is 14.8. The van der Waals surface area contributed by atoms with Gasteiger partial charge in [0.25, 0.3) is 5.92 Å². The molecule has 0 spiro atoms. The Kier molecular flexibility index (Phi) is 5.62. The molecule has 4 fully saturated rings. The Hall–Kier alpha value is -0.140. The molecule has 0 aromatic rings. The molecule has 0 aromatic carbocycles. The van der Waals surface area contributed by atoms with Gasteiger partial charge in [-0.2, -0.15) is 0 Å². The average molecular weight is 341 g/mol. The number of hydrogen-bond acceptors (Lipinski definition) is 0. The lowest BCUT2D eigenvalue weighted by Gasteiger charge is -2.58. The van der Waals surface area contributed by atoms with Crippen molar-refractivity contribution in [2.24, 2.45) is 22.7 Å². The molecule has 0 N–H and O–H groups in total. The lowest BCUT2D eigenvalue weighted by Crippen LogP contribution is -2.49. The highest BCUT2D eigenvalue weighted by atomic mass is 19.3. The largest absolute Gasteiger partial charge is 0.251 e. The van der Waals surface area contributed by atoms with Crippen LogP contribution >= 0.6 is 0 Å². The molecule has 4 rings (SSSR count). The first-order valence-corrected chi connectivity index (χ1v) is 10.8. The number of unbranched alkanes of at least 4 members (excludes halogenated alkanes) is 2. The van der Waals surface area contributed by atoms with E-state index >= 15 is 0 Å². The Labute approximate surface area is 148 Å². The summed E-state index contributed by atoms with van der Waals surface area (Å²) >= 11 is 0. The van der Waals surface area contributed by atoms with E-state index in [9.17, 15) is 8.78 Å². The van der Waals surface area contributed by atoms with Crippen LogP contribution in [-0.2, 0) is 0 Å². The molecule has 0 aliphatic heterocycles. The zero-order valence-corrected chi connectivity index (χ0v) is 16.0. The van der Waals surface area contributed by atoms with Crippen molar-refractivity contribution in [1.82, 2.24) is 0 Å². The second-order valence-corrected chi connectivity index (χ2v) is 9.54. The average Bonchev–Trinajstić information content (AvgIpc) is 2.58. The highest BCUT2D eigenvalue weighted by Crippen LogP contribution is 2.64. The van der Waals surface area contributed by atoms with Crippen LogP contribution in [0.4, 0.5) is 8.78 Å². The van der Waals surface area contributed by atoms with E-state index in [0.717, 1.165) is 38.5 Å². The smallest absolute Gasteiger partial charge is 0.207 e. The van der Waals surface area contributed by atoms with Gasteiger partial charge in [-0.05, 0) is 81.0 Å². The summed E-state index contributed by atoms with van der Waals surface area (Å²) in [6, 6.07) is 0. The highest BCUT2D eigenvalue weighted by Gasteiger charge is 2.55. The van der Waals surface area contributed by atoms with E-state index in [0.29, 0.717) is 11.3 Å². The molecule has 4 saturated carbocycles. The fraction of sp³-hybridized carbons (Fsp3) is 1.00. The van der Waals surface area contributed by atoms with E-state index in [1.54, 1.807) is 0 Å². The van der Waals surface area contributed by atoms with Crippen molar-refractivity contribution in [2.75, 3.05) is 0 Å². The number of rotatable bonds is 7. The topological polar surface area (TPSA) is 0 Å². The van der Waals surface area contributed by atoms with Crippen LogP contribution in [0.3, 0.4) is 0 Å². The summed E-state index contributed by atoms with van der Waals surface area (Å²) in [5, 5.41) is 0. The summed E-state index contributed by atoms with van der Waals surface area (Å²) in [4.78, 5) is 0. The molecule has 140 valence electrons. The van der Waals surface area contributed by atoms with E-state index in [2.05, 4.69) is 13.8 Å². The summed E-state index contributed by atoms with van der Waals surface area (Å²) in [6.07, 6.45) is 16.4. The normalized spacial score (nSPS) is 41.5. The molecular weight excluding hydrogens is 302 g/mol. The minimum absolute atomic E-state index is 0.199. The van der Waals surface area contributed by atoms with Gasteiger partial charge in [0, 0.05) is 12.3 Å². The molecule has 0 aromatic heterocycles. The Bertz CT molecular complexity index is 390. The van der Waals surface area contributed by atoms with Crippen LogP contribution in [0.25, 0.3) is 0 Å². The second-order valence-electron chi connectivity index (χ2n) is 9.54. The Morgan fingerprint density at radius 2 is 1.50 bits per heavy atom. The van der Waals surface area contributed by atoms with Crippen molar-refractivity contribution in [2.45, 2.75) is 116 Å². The van der Waals surface area contributed by atoms with Gasteiger partial charge in [0.2, 0.25) is 0 Å². The minimum Gasteiger partial charge on any atom is -0.207 e. The maximum Gasteiger partial charge on any atom is 0.251 e. The molecule has 4 aliphatic carbocycles. The predicted molar refractivity (Wildman–Crippen MR) is 97.4 cm³/mol. The van der Waals surface area contributed by atoms with Crippen LogP contribution in [0.15, 0.2) is 0 Å². The second kappa shape index (κ2) is 7.23. The molecule has 0 heterocycles. The van der Waals surface area contributed by atoms with Crippen LogP contribution in [0.1, 0.15) is 110 Å². The maximum absolute atomic E-state index is 14.8. The van der Waals surface area contributed by atoms with Gasteiger partial charge in [-0.3, -0.25) is 0 Å². The monoisotopic (exact) mass is 340 g/mol. The Balaban J connectivity index is 1.60. The quantitative estimate of drug-likeness (QED) is 0.415. The first-order chi connectivity index (χ1) is 11.5. The molecule has 2 atom stereocenters. The zero-order valence-electron chi connectivity index (χ0n) is 16.0. The lowest BCUT2D eigenvalue weighted by atomic mass is 9.47. The van der Waals surface area contributed by atoms with Gasteiger partial charge in [-0.15, -0.1) is 0 Å². The van der Waals surface area contributed by atoms with E-state index in [-0.39, 0.29) is 17.8 Å². The van der Waals surface area contributed by atoms with Gasteiger partial charge in [0.05, 0.1) is 0 Å². The summed E-state index contributed by atoms with van der Waals surface area (Å²) in [7, 11) is 0. The summed E-state index contributed by atoms with van der Waals surface area (Å²) in [5.41, 5.74) is 0.879. The molecule has 24 heavy (non-hydrogen) atoms. The minimum atomic E-state index is -2.40. The van der Waals surface area contributed by atoms with Crippen molar-refractivity contribution >= 4 is 0 Å². The molecule has 0 amide bonds. The Morgan fingerprint density at radius 3 is 2.04 bits per heavy atom. The fourth-order valence-corrected chi connectivity index (χ4v) is 6.54. The van der Waals surface area contributed by atoms with Gasteiger partial charge in [0.1, 0.15) is 0 Å². The third kappa shape index (κ3) is 3.54. The molecule has 0 nitrogen and oxygen atoms in total. The van der Waals surface area contributed by atoms with Gasteiger partial charge in [-0.25, -0.2) is 8.78 Å². The summed E-state index contributed by atoms with van der Waals surface area (Å²) < 4.78 is 29.6. The predicted octanol–water partition coefficient (Wildman–Crippen LogP) is 7.76. The molecule has 4 aliphatic rings. The van der Waals surface area contributed by atoms with Gasteiger partial charge in [-0.1, -0.05) is 39.5 Å². The van der Waals surface area contributed by atoms with Crippen LogP contribution in [0.2, 0.25) is 0 Å². The molecule has 2 unspecified atom stereocenters. The van der Waals surface area contributed by atoms with Crippen molar-refractivity contribution in [3.05, 3.63) is 0 Å². The first-order valence-electron chi connectivity index (χ1n) is 10.8. The molecule has 0 saturated heterocycles. The lowest BCUT2D eigenvalue weighted by molar-refractivity contribution is -0.148. The van der Waals surface area contributed by atoms with Gasteiger partial charge < -0.3 is 0 Å². The standard InChI is InChI=1S/C22H38F2/c1-3-5-6-7-18-8-9-19(17-22(18,23)24)21-14-11-20(10-4-2,12-15-21)13-16-21/h18-19H,3-17H2,1-2H3. The van der Waals surface area contributed by atoms with Crippen LogP contribution in [0, 0.1) is 22.7 Å². The van der Waals surface area contributed by atoms with E-state index in [4.69, 9.17) is 0 Å². The summed E-state index contributed by atoms with van der Waals surface area (Å²) in [5.74, 6) is -2.43. The van der Waals surface area contributed by atoms with E-state index < -0.39 is 5.92 Å². The molecule has 2 heteroatoms. The third-order valence-electron chi connectivity index (χ3n) is 8.24. The molecular formula is C22H38F2. The van der Waals surface area contributed by atoms with Crippen LogP contribution in [-0.4, -0.2) is 5.92 Å². The van der Waals surface area contributed by atoms with Gasteiger partial charge >= 0.3 is 0 Å². The van der Waals surface area contributed by atoms with Crippen molar-refractivity contribution in [3.63, 3.8) is 0 Å². The van der Waals surface area contributed by atoms with E-state index in [1.807, 2.05) is 0 Å². The molecule has 2 bridgehead atoms. The number of halogens is 2. The van der Waals surface area contributed by atoms with Gasteiger partial charge in [0.15, 0.2) is 0 Å². The van der Waals surface area contributed by atoms with Crippen molar-refractivity contribution in [3.8, 4) is 0 Å². The Morgan fingerprint density at radius 1 is 0.833 bits per heavy atom. The SMILES string of the molecule is CCCCCC1CCC(C23CCC(CCC)(CC2)CC3)CC1(F)F. The number of hydrogen-bond donors (Lipinski definition) is 0. The van der Waals surface area contributed by atoms with Crippen LogP contribution < -0.4 is 0 Å². The zero-order chi connectivity index (χ0) is 17.3. The first kappa shape index (κ1) is 18.6.